The highest BCUT2D eigenvalue weighted by Crippen LogP contribution is 2.44. The van der Waals surface area contributed by atoms with Crippen molar-refractivity contribution in [3.8, 4) is 0 Å². The minimum absolute atomic E-state index is 0.0210. The van der Waals surface area contributed by atoms with Crippen molar-refractivity contribution in [1.29, 1.82) is 0 Å². The SMILES string of the molecule is CCCC1CN(CCOC(C)(C)C)C(C)(C2CC2)CN1. The molecule has 1 N–H and O–H groups in total. The lowest BCUT2D eigenvalue weighted by Crippen LogP contribution is -2.65. The van der Waals surface area contributed by atoms with Crippen LogP contribution in [0, 0.1) is 5.92 Å². The maximum Gasteiger partial charge on any atom is 0.0600 e. The van der Waals surface area contributed by atoms with Gasteiger partial charge in [0.1, 0.15) is 0 Å². The van der Waals surface area contributed by atoms with Gasteiger partial charge in [-0.15, -0.1) is 0 Å². The zero-order chi connectivity index (χ0) is 14.8. The zero-order valence-corrected chi connectivity index (χ0v) is 14.2. The fourth-order valence-corrected chi connectivity index (χ4v) is 3.46. The summed E-state index contributed by atoms with van der Waals surface area (Å²) in [6.07, 6.45) is 5.38. The molecule has 2 rings (SSSR count). The second-order valence-electron chi connectivity index (χ2n) is 7.90. The quantitative estimate of drug-likeness (QED) is 0.810. The van der Waals surface area contributed by atoms with Crippen LogP contribution in [0.1, 0.15) is 60.3 Å². The monoisotopic (exact) mass is 282 g/mol. The molecular weight excluding hydrogens is 248 g/mol. The van der Waals surface area contributed by atoms with Gasteiger partial charge in [0.25, 0.3) is 0 Å². The van der Waals surface area contributed by atoms with Gasteiger partial charge in [-0.25, -0.2) is 0 Å². The van der Waals surface area contributed by atoms with E-state index >= 15 is 0 Å². The second-order valence-corrected chi connectivity index (χ2v) is 7.90. The summed E-state index contributed by atoms with van der Waals surface area (Å²) in [5.41, 5.74) is 0.332. The molecule has 20 heavy (non-hydrogen) atoms. The van der Waals surface area contributed by atoms with Gasteiger partial charge in [0, 0.05) is 31.2 Å². The molecule has 2 unspecified atom stereocenters. The minimum atomic E-state index is -0.0210. The molecule has 3 nitrogen and oxygen atoms in total. The standard InChI is InChI=1S/C17H34N2O/c1-6-7-15-12-19(10-11-20-16(2,3)4)17(5,13-18-15)14-8-9-14/h14-15,18H,6-13H2,1-5H3. The van der Waals surface area contributed by atoms with E-state index in [1.165, 1.54) is 32.2 Å². The van der Waals surface area contributed by atoms with Crippen LogP contribution in [0.15, 0.2) is 0 Å². The van der Waals surface area contributed by atoms with Crippen LogP contribution in [0.3, 0.4) is 0 Å². The Morgan fingerprint density at radius 3 is 2.55 bits per heavy atom. The highest BCUT2D eigenvalue weighted by atomic mass is 16.5. The maximum absolute atomic E-state index is 5.96. The molecule has 0 aromatic heterocycles. The summed E-state index contributed by atoms with van der Waals surface area (Å²) >= 11 is 0. The van der Waals surface area contributed by atoms with Crippen LogP contribution in [-0.2, 0) is 4.74 Å². The number of ether oxygens (including phenoxy) is 1. The Morgan fingerprint density at radius 2 is 2.00 bits per heavy atom. The van der Waals surface area contributed by atoms with Crippen LogP contribution in [0.5, 0.6) is 0 Å². The lowest BCUT2D eigenvalue weighted by molar-refractivity contribution is -0.0413. The van der Waals surface area contributed by atoms with E-state index in [-0.39, 0.29) is 5.60 Å². The minimum Gasteiger partial charge on any atom is -0.375 e. The van der Waals surface area contributed by atoms with Gasteiger partial charge in [0.05, 0.1) is 12.2 Å². The smallest absolute Gasteiger partial charge is 0.0600 e. The first-order valence-electron chi connectivity index (χ1n) is 8.47. The van der Waals surface area contributed by atoms with Crippen molar-refractivity contribution >= 4 is 0 Å². The van der Waals surface area contributed by atoms with Crippen molar-refractivity contribution in [1.82, 2.24) is 10.2 Å². The van der Waals surface area contributed by atoms with Gasteiger partial charge in [-0.3, -0.25) is 4.90 Å². The number of hydrogen-bond donors (Lipinski definition) is 1. The van der Waals surface area contributed by atoms with Gasteiger partial charge in [0.2, 0.25) is 0 Å². The van der Waals surface area contributed by atoms with E-state index in [9.17, 15) is 0 Å². The van der Waals surface area contributed by atoms with Crippen molar-refractivity contribution < 1.29 is 4.74 Å². The van der Waals surface area contributed by atoms with Crippen molar-refractivity contribution in [2.45, 2.75) is 77.5 Å². The van der Waals surface area contributed by atoms with Crippen LogP contribution < -0.4 is 5.32 Å². The van der Waals surface area contributed by atoms with E-state index in [0.717, 1.165) is 25.6 Å². The Hall–Kier alpha value is -0.120. The van der Waals surface area contributed by atoms with Crippen LogP contribution in [0.2, 0.25) is 0 Å². The Morgan fingerprint density at radius 1 is 1.30 bits per heavy atom. The summed E-state index contributed by atoms with van der Waals surface area (Å²) in [5, 5.41) is 3.79. The molecule has 1 aliphatic heterocycles. The molecule has 3 heteroatoms. The van der Waals surface area contributed by atoms with Crippen LogP contribution >= 0.6 is 0 Å². The Balaban J connectivity index is 1.91. The maximum atomic E-state index is 5.96. The molecule has 0 aromatic rings. The molecule has 1 saturated carbocycles. The normalized spacial score (nSPS) is 32.5. The summed E-state index contributed by atoms with van der Waals surface area (Å²) in [6.45, 7) is 15.4. The summed E-state index contributed by atoms with van der Waals surface area (Å²) in [4.78, 5) is 2.72. The van der Waals surface area contributed by atoms with E-state index in [1.54, 1.807) is 0 Å². The molecule has 1 saturated heterocycles. The van der Waals surface area contributed by atoms with Gasteiger partial charge in [-0.05, 0) is 52.9 Å². The van der Waals surface area contributed by atoms with Crippen LogP contribution in [0.25, 0.3) is 0 Å². The third-order valence-corrected chi connectivity index (χ3v) is 4.90. The topological polar surface area (TPSA) is 24.5 Å². The number of hydrogen-bond acceptors (Lipinski definition) is 3. The average Bonchev–Trinajstić information content (AvgIpc) is 3.16. The highest BCUT2D eigenvalue weighted by Gasteiger charge is 2.47. The lowest BCUT2D eigenvalue weighted by Gasteiger charge is -2.49. The average molecular weight is 282 g/mol. The highest BCUT2D eigenvalue weighted by molar-refractivity contribution is 5.04. The molecular formula is C17H34N2O. The van der Waals surface area contributed by atoms with Crippen LogP contribution in [-0.4, -0.2) is 48.3 Å². The number of nitrogens with one attached hydrogen (secondary N) is 1. The first-order valence-corrected chi connectivity index (χ1v) is 8.47. The van der Waals surface area contributed by atoms with Gasteiger partial charge in [0.15, 0.2) is 0 Å². The lowest BCUT2D eigenvalue weighted by atomic mass is 9.89. The molecule has 2 aliphatic rings. The fraction of sp³-hybridized carbons (Fsp3) is 1.00. The fourth-order valence-electron chi connectivity index (χ4n) is 3.46. The number of nitrogens with zero attached hydrogens (tertiary/aromatic N) is 1. The van der Waals surface area contributed by atoms with Crippen molar-refractivity contribution in [3.05, 3.63) is 0 Å². The van der Waals surface area contributed by atoms with Crippen molar-refractivity contribution in [2.75, 3.05) is 26.2 Å². The van der Waals surface area contributed by atoms with Gasteiger partial charge in [-0.2, -0.15) is 0 Å². The summed E-state index contributed by atoms with van der Waals surface area (Å²) < 4.78 is 5.96. The van der Waals surface area contributed by atoms with Crippen LogP contribution in [0.4, 0.5) is 0 Å². The van der Waals surface area contributed by atoms with Crippen molar-refractivity contribution in [2.24, 2.45) is 5.92 Å². The molecule has 0 radical (unpaired) electrons. The third kappa shape index (κ3) is 4.19. The van der Waals surface area contributed by atoms with E-state index in [1.807, 2.05) is 0 Å². The largest absolute Gasteiger partial charge is 0.375 e. The molecule has 1 aliphatic carbocycles. The molecule has 0 amide bonds. The van der Waals surface area contributed by atoms with E-state index < -0.39 is 0 Å². The Labute approximate surface area is 125 Å². The van der Waals surface area contributed by atoms with Gasteiger partial charge >= 0.3 is 0 Å². The summed E-state index contributed by atoms with van der Waals surface area (Å²) in [5.74, 6) is 0.896. The van der Waals surface area contributed by atoms with Crippen molar-refractivity contribution in [3.63, 3.8) is 0 Å². The third-order valence-electron chi connectivity index (χ3n) is 4.90. The van der Waals surface area contributed by atoms with Gasteiger partial charge in [-0.1, -0.05) is 13.3 Å². The molecule has 0 aromatic carbocycles. The van der Waals surface area contributed by atoms with E-state index in [0.29, 0.717) is 11.6 Å². The first kappa shape index (κ1) is 16.3. The molecule has 2 fully saturated rings. The first-order chi connectivity index (χ1) is 9.35. The summed E-state index contributed by atoms with van der Waals surface area (Å²) in [7, 11) is 0. The molecule has 2 atom stereocenters. The molecule has 0 bridgehead atoms. The summed E-state index contributed by atoms with van der Waals surface area (Å²) in [6, 6.07) is 0.668. The number of rotatable bonds is 6. The predicted octanol–water partition coefficient (Wildman–Crippen LogP) is 3.04. The van der Waals surface area contributed by atoms with E-state index in [4.69, 9.17) is 4.74 Å². The van der Waals surface area contributed by atoms with Gasteiger partial charge < -0.3 is 10.1 Å². The Bertz CT molecular complexity index is 309. The molecule has 0 spiro atoms. The van der Waals surface area contributed by atoms with E-state index in [2.05, 4.69) is 44.8 Å². The molecule has 1 heterocycles. The number of piperazine rings is 1. The molecule has 118 valence electrons. The predicted molar refractivity (Wildman–Crippen MR) is 85.1 cm³/mol. The zero-order valence-electron chi connectivity index (χ0n) is 14.2. The Kier molecular flexibility index (Phi) is 5.14. The second kappa shape index (κ2) is 6.33.